The van der Waals surface area contributed by atoms with Crippen molar-refractivity contribution in [1.29, 1.82) is 0 Å². The molecule has 180 valence electrons. The van der Waals surface area contributed by atoms with Gasteiger partial charge in [0.25, 0.3) is 0 Å². The van der Waals surface area contributed by atoms with Crippen LogP contribution in [-0.4, -0.2) is 39.8 Å². The first-order valence-electron chi connectivity index (χ1n) is 11.9. The minimum atomic E-state index is -0.781. The molecular formula is C28H28FN3O3. The molecule has 0 spiro atoms. The lowest BCUT2D eigenvalue weighted by Gasteiger charge is -2.19. The Morgan fingerprint density at radius 2 is 1.83 bits per heavy atom. The Balaban J connectivity index is 1.36. The molecule has 1 saturated heterocycles. The van der Waals surface area contributed by atoms with E-state index in [9.17, 15) is 14.3 Å². The lowest BCUT2D eigenvalue weighted by atomic mass is 10.1. The lowest BCUT2D eigenvalue weighted by molar-refractivity contribution is -0.117. The van der Waals surface area contributed by atoms with E-state index in [2.05, 4.69) is 6.92 Å². The van der Waals surface area contributed by atoms with Crippen molar-refractivity contribution in [3.63, 3.8) is 0 Å². The molecule has 0 unspecified atom stereocenters. The molecule has 0 radical (unpaired) electrons. The molecule has 1 fully saturated rings. The third-order valence-electron chi connectivity index (χ3n) is 6.48. The number of fused-ring (bicyclic) bond motifs is 1. The molecule has 0 bridgehead atoms. The maximum absolute atomic E-state index is 14.4. The molecule has 1 aliphatic heterocycles. The number of hydrogen-bond donors (Lipinski definition) is 1. The van der Waals surface area contributed by atoms with Crippen molar-refractivity contribution in [1.82, 2.24) is 9.55 Å². The summed E-state index contributed by atoms with van der Waals surface area (Å²) >= 11 is 0. The molecule has 4 aromatic rings. The van der Waals surface area contributed by atoms with Gasteiger partial charge in [-0.2, -0.15) is 0 Å². The van der Waals surface area contributed by atoms with Crippen LogP contribution in [0.15, 0.2) is 72.8 Å². The molecule has 6 nitrogen and oxygen atoms in total. The zero-order chi connectivity index (χ0) is 24.4. The molecular weight excluding hydrogens is 445 g/mol. The van der Waals surface area contributed by atoms with Gasteiger partial charge in [0, 0.05) is 18.9 Å². The highest BCUT2D eigenvalue weighted by Gasteiger charge is 2.36. The molecule has 2 atom stereocenters. The summed E-state index contributed by atoms with van der Waals surface area (Å²) < 4.78 is 22.1. The molecule has 7 heteroatoms. The van der Waals surface area contributed by atoms with Crippen molar-refractivity contribution in [2.24, 2.45) is 0 Å². The third-order valence-corrected chi connectivity index (χ3v) is 6.48. The number of carbonyl (C=O) groups excluding carboxylic acids is 1. The average molecular weight is 474 g/mol. The average Bonchev–Trinajstić information content (AvgIpc) is 3.44. The van der Waals surface area contributed by atoms with E-state index < -0.39 is 11.9 Å². The van der Waals surface area contributed by atoms with E-state index in [1.54, 1.807) is 18.2 Å². The smallest absolute Gasteiger partial charge is 0.227 e. The van der Waals surface area contributed by atoms with Crippen molar-refractivity contribution in [2.75, 3.05) is 18.1 Å². The summed E-state index contributed by atoms with van der Waals surface area (Å²) in [5.74, 6) is 0.639. The standard InChI is InChI=1S/C28H28FN3O3/c1-2-19-11-13-22(14-12-19)35-18-21(33)17-32-26-10-6-4-8-24(26)30-28(32)20-15-27(34)31(16-20)25-9-5-3-7-23(25)29/h3-14,20-21,33H,2,15-18H2,1H3/t20-,21-/m0/s1. The Kier molecular flexibility index (Phi) is 6.51. The largest absolute Gasteiger partial charge is 0.491 e. The van der Waals surface area contributed by atoms with Crippen molar-refractivity contribution in [3.05, 3.63) is 90.0 Å². The van der Waals surface area contributed by atoms with E-state index in [1.807, 2.05) is 53.1 Å². The Morgan fingerprint density at radius 3 is 2.60 bits per heavy atom. The van der Waals surface area contributed by atoms with Crippen LogP contribution in [0.2, 0.25) is 0 Å². The fraction of sp³-hybridized carbons (Fsp3) is 0.286. The van der Waals surface area contributed by atoms with E-state index >= 15 is 0 Å². The van der Waals surface area contributed by atoms with Gasteiger partial charge in [-0.15, -0.1) is 0 Å². The van der Waals surface area contributed by atoms with Crippen LogP contribution in [0.1, 0.15) is 30.7 Å². The molecule has 1 aromatic heterocycles. The van der Waals surface area contributed by atoms with E-state index in [-0.39, 0.29) is 37.1 Å². The fourth-order valence-corrected chi connectivity index (χ4v) is 4.66. The van der Waals surface area contributed by atoms with Crippen molar-refractivity contribution >= 4 is 22.6 Å². The van der Waals surface area contributed by atoms with Crippen LogP contribution in [0, 0.1) is 5.82 Å². The minimum Gasteiger partial charge on any atom is -0.491 e. The second-order valence-electron chi connectivity index (χ2n) is 8.89. The number of aliphatic hydroxyl groups is 1. The van der Waals surface area contributed by atoms with Crippen LogP contribution in [0.3, 0.4) is 0 Å². The number of aromatic nitrogens is 2. The van der Waals surface area contributed by atoms with Gasteiger partial charge in [-0.25, -0.2) is 9.37 Å². The monoisotopic (exact) mass is 473 g/mol. The zero-order valence-corrected chi connectivity index (χ0v) is 19.6. The zero-order valence-electron chi connectivity index (χ0n) is 19.6. The van der Waals surface area contributed by atoms with Gasteiger partial charge >= 0.3 is 0 Å². The number of carbonyl (C=O) groups is 1. The Bertz CT molecular complexity index is 1340. The summed E-state index contributed by atoms with van der Waals surface area (Å²) in [6, 6.07) is 21.9. The number of imidazole rings is 1. The number of anilines is 1. The number of hydrogen-bond acceptors (Lipinski definition) is 4. The van der Waals surface area contributed by atoms with Crippen molar-refractivity contribution in [2.45, 2.75) is 38.3 Å². The van der Waals surface area contributed by atoms with Crippen LogP contribution in [0.4, 0.5) is 10.1 Å². The topological polar surface area (TPSA) is 67.6 Å². The summed E-state index contributed by atoms with van der Waals surface area (Å²) in [5, 5.41) is 10.8. The van der Waals surface area contributed by atoms with Crippen LogP contribution in [-0.2, 0) is 17.8 Å². The third kappa shape index (κ3) is 4.77. The summed E-state index contributed by atoms with van der Waals surface area (Å²) in [4.78, 5) is 19.1. The number of para-hydroxylation sites is 3. The highest BCUT2D eigenvalue weighted by Crippen LogP contribution is 2.34. The van der Waals surface area contributed by atoms with Crippen LogP contribution in [0.5, 0.6) is 5.75 Å². The molecule has 1 amide bonds. The maximum Gasteiger partial charge on any atom is 0.227 e. The summed E-state index contributed by atoms with van der Waals surface area (Å²) in [7, 11) is 0. The van der Waals surface area contributed by atoms with Gasteiger partial charge in [0.15, 0.2) is 0 Å². The van der Waals surface area contributed by atoms with Gasteiger partial charge in [-0.3, -0.25) is 4.79 Å². The number of ether oxygens (including phenoxy) is 1. The highest BCUT2D eigenvalue weighted by atomic mass is 19.1. The Labute approximate surface area is 203 Å². The molecule has 3 aromatic carbocycles. The summed E-state index contributed by atoms with van der Waals surface area (Å²) in [5.41, 5.74) is 3.18. The number of aliphatic hydroxyl groups excluding tert-OH is 1. The number of halogens is 1. The van der Waals surface area contributed by atoms with E-state index in [1.165, 1.54) is 16.5 Å². The predicted molar refractivity (Wildman–Crippen MR) is 133 cm³/mol. The quantitative estimate of drug-likeness (QED) is 0.403. The SMILES string of the molecule is CCc1ccc(OC[C@@H](O)Cn2c([C@H]3CC(=O)N(c4ccccc4F)C3)nc3ccccc32)cc1. The molecule has 0 saturated carbocycles. The number of amides is 1. The normalized spacial score (nSPS) is 16.7. The van der Waals surface area contributed by atoms with Crippen LogP contribution < -0.4 is 9.64 Å². The van der Waals surface area contributed by atoms with Crippen molar-refractivity contribution in [3.8, 4) is 5.75 Å². The second-order valence-corrected chi connectivity index (χ2v) is 8.89. The number of nitrogens with zero attached hydrogens (tertiary/aromatic N) is 3. The molecule has 1 aliphatic rings. The number of aryl methyl sites for hydroxylation is 1. The Hall–Kier alpha value is -3.71. The lowest BCUT2D eigenvalue weighted by Crippen LogP contribution is -2.27. The van der Waals surface area contributed by atoms with E-state index in [0.29, 0.717) is 18.1 Å². The van der Waals surface area contributed by atoms with Gasteiger partial charge in [0.2, 0.25) is 5.91 Å². The Morgan fingerprint density at radius 1 is 1.09 bits per heavy atom. The second kappa shape index (κ2) is 9.88. The first-order chi connectivity index (χ1) is 17.0. The highest BCUT2D eigenvalue weighted by molar-refractivity contribution is 5.96. The summed E-state index contributed by atoms with van der Waals surface area (Å²) in [6.45, 7) is 2.83. The molecule has 1 N–H and O–H groups in total. The van der Waals surface area contributed by atoms with Crippen LogP contribution in [0.25, 0.3) is 11.0 Å². The number of benzene rings is 3. The van der Waals surface area contributed by atoms with E-state index in [4.69, 9.17) is 9.72 Å². The maximum atomic E-state index is 14.4. The minimum absolute atomic E-state index is 0.127. The molecule has 35 heavy (non-hydrogen) atoms. The fourth-order valence-electron chi connectivity index (χ4n) is 4.66. The van der Waals surface area contributed by atoms with Crippen LogP contribution >= 0.6 is 0 Å². The van der Waals surface area contributed by atoms with Crippen molar-refractivity contribution < 1.29 is 19.0 Å². The van der Waals surface area contributed by atoms with Gasteiger partial charge in [-0.1, -0.05) is 43.3 Å². The molecule has 2 heterocycles. The molecule has 5 rings (SSSR count). The van der Waals surface area contributed by atoms with Gasteiger partial charge in [0.05, 0.1) is 23.3 Å². The predicted octanol–water partition coefficient (Wildman–Crippen LogP) is 4.70. The summed E-state index contributed by atoms with van der Waals surface area (Å²) in [6.07, 6.45) is 0.405. The van der Waals surface area contributed by atoms with Gasteiger partial charge in [0.1, 0.15) is 30.1 Å². The van der Waals surface area contributed by atoms with E-state index in [0.717, 1.165) is 17.5 Å². The van der Waals surface area contributed by atoms with Gasteiger partial charge < -0.3 is 19.3 Å². The first-order valence-corrected chi connectivity index (χ1v) is 11.9. The number of rotatable bonds is 8. The first kappa shape index (κ1) is 23.1. The van der Waals surface area contributed by atoms with Gasteiger partial charge in [-0.05, 0) is 48.4 Å². The molecule has 0 aliphatic carbocycles.